The third-order valence-electron chi connectivity index (χ3n) is 1.05. The number of nitrogens with zero attached hydrogens (tertiary/aromatic N) is 2. The van der Waals surface area contributed by atoms with Crippen molar-refractivity contribution in [2.24, 2.45) is 0 Å². The lowest BCUT2D eigenvalue weighted by molar-refractivity contribution is 0.339. The van der Waals surface area contributed by atoms with Gasteiger partial charge in [0.2, 0.25) is 0 Å². The van der Waals surface area contributed by atoms with Gasteiger partial charge in [0.1, 0.15) is 0 Å². The van der Waals surface area contributed by atoms with Crippen LogP contribution in [0.15, 0.2) is 12.4 Å². The van der Waals surface area contributed by atoms with Gasteiger partial charge in [0.05, 0.1) is 17.4 Å². The first-order chi connectivity index (χ1) is 5.83. The molecule has 0 aliphatic carbocycles. The molecule has 0 spiro atoms. The van der Waals surface area contributed by atoms with Gasteiger partial charge in [-0.15, -0.1) is 5.92 Å². The number of hydrogen-bond acceptors (Lipinski definition) is 3. The molecule has 62 valence electrons. The highest BCUT2D eigenvalue weighted by atomic mass is 35.5. The van der Waals surface area contributed by atoms with Gasteiger partial charge in [0.15, 0.2) is 6.61 Å². The monoisotopic (exact) mass is 182 g/mol. The first-order valence-corrected chi connectivity index (χ1v) is 3.70. The Balaban J connectivity index is 2.51. The van der Waals surface area contributed by atoms with Crippen LogP contribution in [0.2, 0.25) is 5.02 Å². The predicted molar refractivity (Wildman–Crippen MR) is 46.0 cm³/mol. The molecule has 0 aromatic carbocycles. The molecule has 0 amide bonds. The van der Waals surface area contributed by atoms with Crippen molar-refractivity contribution in [3.63, 3.8) is 0 Å². The van der Waals surface area contributed by atoms with Crippen molar-refractivity contribution in [2.75, 3.05) is 6.61 Å². The number of hydrogen-bond donors (Lipinski definition) is 0. The summed E-state index contributed by atoms with van der Waals surface area (Å²) in [5.74, 6) is 5.42. The molecule has 0 saturated carbocycles. The zero-order valence-corrected chi connectivity index (χ0v) is 7.30. The molecule has 0 bridgehead atoms. The Labute approximate surface area is 75.7 Å². The van der Waals surface area contributed by atoms with Crippen LogP contribution < -0.4 is 4.74 Å². The van der Waals surface area contributed by atoms with Crippen LogP contribution in [0.4, 0.5) is 0 Å². The van der Waals surface area contributed by atoms with E-state index in [1.807, 2.05) is 0 Å². The molecule has 12 heavy (non-hydrogen) atoms. The topological polar surface area (TPSA) is 35.0 Å². The summed E-state index contributed by atoms with van der Waals surface area (Å²) in [7, 11) is 0. The van der Waals surface area contributed by atoms with Crippen LogP contribution in [0.3, 0.4) is 0 Å². The molecule has 4 heteroatoms. The molecule has 1 aromatic rings. The first-order valence-electron chi connectivity index (χ1n) is 3.33. The van der Waals surface area contributed by atoms with Crippen LogP contribution in [0.25, 0.3) is 0 Å². The van der Waals surface area contributed by atoms with Crippen LogP contribution in [0.5, 0.6) is 6.01 Å². The van der Waals surface area contributed by atoms with Gasteiger partial charge < -0.3 is 4.74 Å². The molecular weight excluding hydrogens is 176 g/mol. The van der Waals surface area contributed by atoms with E-state index in [0.717, 1.165) is 0 Å². The molecule has 1 heterocycles. The summed E-state index contributed by atoms with van der Waals surface area (Å²) in [5.41, 5.74) is 0. The van der Waals surface area contributed by atoms with Crippen molar-refractivity contribution in [2.45, 2.75) is 6.92 Å². The van der Waals surface area contributed by atoms with Crippen molar-refractivity contribution in [3.8, 4) is 17.9 Å². The third-order valence-corrected chi connectivity index (χ3v) is 1.24. The molecule has 0 aliphatic heterocycles. The summed E-state index contributed by atoms with van der Waals surface area (Å²) in [6.07, 6.45) is 2.95. The fourth-order valence-corrected chi connectivity index (χ4v) is 0.645. The molecule has 0 fully saturated rings. The standard InChI is InChI=1S/C8H7ClN2O/c1-2-3-4-12-8-10-5-7(9)6-11-8/h5-6H,4H2,1H3. The van der Waals surface area contributed by atoms with Gasteiger partial charge >= 0.3 is 6.01 Å². The maximum absolute atomic E-state index is 5.56. The first kappa shape index (κ1) is 8.82. The minimum Gasteiger partial charge on any atom is -0.450 e. The van der Waals surface area contributed by atoms with Gasteiger partial charge in [-0.05, 0) is 6.92 Å². The maximum atomic E-state index is 5.56. The average molecular weight is 183 g/mol. The summed E-state index contributed by atoms with van der Waals surface area (Å²) in [4.78, 5) is 7.63. The molecule has 1 aromatic heterocycles. The number of ether oxygens (including phenoxy) is 1. The van der Waals surface area contributed by atoms with E-state index in [2.05, 4.69) is 21.8 Å². The minimum absolute atomic E-state index is 0.294. The quantitative estimate of drug-likeness (QED) is 0.651. The van der Waals surface area contributed by atoms with Crippen LogP contribution >= 0.6 is 11.6 Å². The normalized spacial score (nSPS) is 8.50. The van der Waals surface area contributed by atoms with E-state index in [1.54, 1.807) is 6.92 Å². The molecule has 0 N–H and O–H groups in total. The summed E-state index contributed by atoms with van der Waals surface area (Å²) in [5, 5.41) is 0.490. The van der Waals surface area contributed by atoms with E-state index in [0.29, 0.717) is 17.6 Å². The average Bonchev–Trinajstić information content (AvgIpc) is 2.09. The van der Waals surface area contributed by atoms with Crippen molar-refractivity contribution in [1.82, 2.24) is 9.97 Å². The van der Waals surface area contributed by atoms with Gasteiger partial charge in [-0.3, -0.25) is 0 Å². The molecule has 0 radical (unpaired) electrons. The number of halogens is 1. The summed E-state index contributed by atoms with van der Waals surface area (Å²) in [6.45, 7) is 2.05. The second kappa shape index (κ2) is 4.58. The van der Waals surface area contributed by atoms with Gasteiger partial charge in [-0.25, -0.2) is 9.97 Å². The Morgan fingerprint density at radius 1 is 1.50 bits per heavy atom. The van der Waals surface area contributed by atoms with E-state index >= 15 is 0 Å². The smallest absolute Gasteiger partial charge is 0.317 e. The summed E-state index contributed by atoms with van der Waals surface area (Å²) < 4.78 is 5.05. The van der Waals surface area contributed by atoms with Gasteiger partial charge in [-0.1, -0.05) is 17.5 Å². The Hall–Kier alpha value is -1.27. The summed E-state index contributed by atoms with van der Waals surface area (Å²) in [6, 6.07) is 0.294. The van der Waals surface area contributed by atoms with Crippen molar-refractivity contribution in [3.05, 3.63) is 17.4 Å². The minimum atomic E-state index is 0.294. The predicted octanol–water partition coefficient (Wildman–Crippen LogP) is 1.53. The number of aromatic nitrogens is 2. The highest BCUT2D eigenvalue weighted by Gasteiger charge is 1.93. The van der Waals surface area contributed by atoms with Crippen LogP contribution in [-0.4, -0.2) is 16.6 Å². The van der Waals surface area contributed by atoms with Crippen LogP contribution in [-0.2, 0) is 0 Å². The lowest BCUT2D eigenvalue weighted by Crippen LogP contribution is -1.97. The SMILES string of the molecule is CC#CCOc1ncc(Cl)cn1. The molecular formula is C8H7ClN2O. The Kier molecular flexibility index (Phi) is 3.36. The Morgan fingerprint density at radius 3 is 2.75 bits per heavy atom. The fraction of sp³-hybridized carbons (Fsp3) is 0.250. The van der Waals surface area contributed by atoms with Crippen molar-refractivity contribution >= 4 is 11.6 Å². The molecule has 0 aliphatic rings. The second-order valence-electron chi connectivity index (χ2n) is 1.90. The Bertz CT molecular complexity index is 299. The number of rotatable bonds is 2. The highest BCUT2D eigenvalue weighted by molar-refractivity contribution is 6.30. The van der Waals surface area contributed by atoms with Crippen molar-refractivity contribution in [1.29, 1.82) is 0 Å². The van der Waals surface area contributed by atoms with E-state index in [4.69, 9.17) is 16.3 Å². The van der Waals surface area contributed by atoms with E-state index in [9.17, 15) is 0 Å². The Morgan fingerprint density at radius 2 is 2.17 bits per heavy atom. The lowest BCUT2D eigenvalue weighted by Gasteiger charge is -1.97. The molecule has 1 rings (SSSR count). The largest absolute Gasteiger partial charge is 0.450 e. The van der Waals surface area contributed by atoms with Crippen LogP contribution in [0.1, 0.15) is 6.92 Å². The zero-order valence-electron chi connectivity index (χ0n) is 6.54. The summed E-state index contributed by atoms with van der Waals surface area (Å²) >= 11 is 5.56. The molecule has 3 nitrogen and oxygen atoms in total. The van der Waals surface area contributed by atoms with Crippen LogP contribution in [0, 0.1) is 11.8 Å². The fourth-order valence-electron chi connectivity index (χ4n) is 0.548. The van der Waals surface area contributed by atoms with E-state index < -0.39 is 0 Å². The second-order valence-corrected chi connectivity index (χ2v) is 2.34. The lowest BCUT2D eigenvalue weighted by atomic mass is 10.6. The molecule has 0 saturated heterocycles. The van der Waals surface area contributed by atoms with E-state index in [-0.39, 0.29) is 0 Å². The van der Waals surface area contributed by atoms with Gasteiger partial charge in [0.25, 0.3) is 0 Å². The molecule has 0 atom stereocenters. The van der Waals surface area contributed by atoms with Gasteiger partial charge in [0, 0.05) is 0 Å². The third kappa shape index (κ3) is 2.77. The molecule has 0 unspecified atom stereocenters. The van der Waals surface area contributed by atoms with Crippen molar-refractivity contribution < 1.29 is 4.74 Å². The van der Waals surface area contributed by atoms with E-state index in [1.165, 1.54) is 12.4 Å². The highest BCUT2D eigenvalue weighted by Crippen LogP contribution is 2.06. The zero-order chi connectivity index (χ0) is 8.81. The van der Waals surface area contributed by atoms with Gasteiger partial charge in [-0.2, -0.15) is 0 Å². The maximum Gasteiger partial charge on any atom is 0.317 e.